The highest BCUT2D eigenvalue weighted by molar-refractivity contribution is 7.19. The van der Waals surface area contributed by atoms with Crippen molar-refractivity contribution in [2.45, 2.75) is 18.9 Å². The van der Waals surface area contributed by atoms with Gasteiger partial charge in [-0.25, -0.2) is 9.37 Å². The van der Waals surface area contributed by atoms with Crippen molar-refractivity contribution in [3.05, 3.63) is 36.1 Å². The summed E-state index contributed by atoms with van der Waals surface area (Å²) in [5, 5.41) is 0.755. The number of aromatic nitrogens is 2. The van der Waals surface area contributed by atoms with Crippen LogP contribution in [-0.4, -0.2) is 9.55 Å². The number of rotatable bonds is 2. The first kappa shape index (κ1) is 11.0. The van der Waals surface area contributed by atoms with Gasteiger partial charge in [0.05, 0.1) is 15.4 Å². The molecule has 0 radical (unpaired) electrons. The minimum atomic E-state index is -0.261. The molecule has 0 amide bonds. The maximum atomic E-state index is 13.9. The van der Waals surface area contributed by atoms with Gasteiger partial charge in [-0.1, -0.05) is 6.07 Å². The summed E-state index contributed by atoms with van der Waals surface area (Å²) in [6.07, 6.45) is 2.27. The van der Waals surface area contributed by atoms with Gasteiger partial charge in [-0.3, -0.25) is 0 Å². The topological polar surface area (TPSA) is 43.8 Å². The van der Waals surface area contributed by atoms with Crippen LogP contribution in [0.4, 0.5) is 9.39 Å². The van der Waals surface area contributed by atoms with E-state index in [0.29, 0.717) is 11.6 Å². The lowest BCUT2D eigenvalue weighted by Gasteiger charge is -2.05. The molecule has 0 spiro atoms. The minimum absolute atomic E-state index is 0.261. The normalized spacial score (nSPS) is 15.2. The van der Waals surface area contributed by atoms with Crippen molar-refractivity contribution in [3.8, 4) is 10.7 Å². The van der Waals surface area contributed by atoms with E-state index in [1.165, 1.54) is 17.4 Å². The number of fused-ring (bicyclic) bond motifs is 1. The number of para-hydroxylation sites is 1. The summed E-state index contributed by atoms with van der Waals surface area (Å²) in [6, 6.07) is 9.41. The molecule has 0 unspecified atom stereocenters. The van der Waals surface area contributed by atoms with Crippen molar-refractivity contribution in [2.24, 2.45) is 0 Å². The van der Waals surface area contributed by atoms with E-state index in [9.17, 15) is 4.39 Å². The second kappa shape index (κ2) is 3.81. The van der Waals surface area contributed by atoms with Crippen LogP contribution in [0, 0.1) is 5.82 Å². The van der Waals surface area contributed by atoms with Gasteiger partial charge in [-0.05, 0) is 37.1 Å². The zero-order valence-corrected chi connectivity index (χ0v) is 11.0. The molecule has 4 rings (SSSR count). The van der Waals surface area contributed by atoms with Crippen molar-refractivity contribution in [2.75, 3.05) is 5.73 Å². The first-order valence-electron chi connectivity index (χ1n) is 6.26. The Kier molecular flexibility index (Phi) is 2.20. The van der Waals surface area contributed by atoms with Crippen molar-refractivity contribution < 1.29 is 4.39 Å². The summed E-state index contributed by atoms with van der Waals surface area (Å²) >= 11 is 1.49. The molecule has 3 nitrogen and oxygen atoms in total. The highest BCUT2D eigenvalue weighted by atomic mass is 32.1. The number of benzene rings is 1. The van der Waals surface area contributed by atoms with Gasteiger partial charge < -0.3 is 10.3 Å². The smallest absolute Gasteiger partial charge is 0.151 e. The summed E-state index contributed by atoms with van der Waals surface area (Å²) in [6.45, 7) is 0. The number of imidazole rings is 1. The summed E-state index contributed by atoms with van der Waals surface area (Å²) < 4.78 is 16.0. The third-order valence-electron chi connectivity index (χ3n) is 3.43. The number of nitrogen functional groups attached to an aromatic ring is 1. The van der Waals surface area contributed by atoms with Crippen LogP contribution in [0.5, 0.6) is 0 Å². The maximum absolute atomic E-state index is 13.9. The predicted molar refractivity (Wildman–Crippen MR) is 75.7 cm³/mol. The van der Waals surface area contributed by atoms with Crippen LogP contribution >= 0.6 is 11.3 Å². The number of thiophene rings is 1. The molecule has 0 atom stereocenters. The van der Waals surface area contributed by atoms with Crippen LogP contribution in [0.15, 0.2) is 30.3 Å². The summed E-state index contributed by atoms with van der Waals surface area (Å²) in [5.74, 6) is 0.576. The number of anilines is 1. The van der Waals surface area contributed by atoms with Crippen molar-refractivity contribution in [1.82, 2.24) is 9.55 Å². The van der Waals surface area contributed by atoms with Gasteiger partial charge in [-0.15, -0.1) is 11.3 Å². The molecular weight excluding hydrogens is 261 g/mol. The number of nitrogens with zero attached hydrogens (tertiary/aromatic N) is 2. The van der Waals surface area contributed by atoms with Crippen molar-refractivity contribution in [1.29, 1.82) is 0 Å². The van der Waals surface area contributed by atoms with Gasteiger partial charge in [-0.2, -0.15) is 0 Å². The quantitative estimate of drug-likeness (QED) is 0.771. The fourth-order valence-electron chi connectivity index (χ4n) is 2.43. The first-order valence-corrected chi connectivity index (χ1v) is 7.08. The predicted octanol–water partition coefficient (Wildman–Crippen LogP) is 3.82. The molecule has 19 heavy (non-hydrogen) atoms. The van der Waals surface area contributed by atoms with Gasteiger partial charge in [0.15, 0.2) is 11.6 Å². The van der Waals surface area contributed by atoms with Crippen LogP contribution < -0.4 is 5.73 Å². The van der Waals surface area contributed by atoms with Crippen LogP contribution in [0.3, 0.4) is 0 Å². The van der Waals surface area contributed by atoms with Gasteiger partial charge in [0, 0.05) is 6.04 Å². The van der Waals surface area contributed by atoms with Gasteiger partial charge in [0.1, 0.15) is 5.52 Å². The van der Waals surface area contributed by atoms with E-state index < -0.39 is 0 Å². The molecule has 1 aromatic carbocycles. The van der Waals surface area contributed by atoms with E-state index in [1.54, 1.807) is 6.07 Å². The molecule has 96 valence electrons. The molecule has 5 heteroatoms. The Bertz CT molecular complexity index is 770. The molecule has 0 aliphatic heterocycles. The Morgan fingerprint density at radius 1 is 1.26 bits per heavy atom. The van der Waals surface area contributed by atoms with Crippen LogP contribution in [0.25, 0.3) is 21.7 Å². The molecule has 2 heterocycles. The van der Waals surface area contributed by atoms with E-state index >= 15 is 0 Å². The van der Waals surface area contributed by atoms with E-state index in [0.717, 1.165) is 34.1 Å². The zero-order chi connectivity index (χ0) is 13.0. The van der Waals surface area contributed by atoms with Gasteiger partial charge in [0.25, 0.3) is 0 Å². The fourth-order valence-corrected chi connectivity index (χ4v) is 3.19. The monoisotopic (exact) mass is 273 g/mol. The average Bonchev–Trinajstić information content (AvgIpc) is 3.01. The second-order valence-electron chi connectivity index (χ2n) is 4.85. The molecule has 2 aromatic heterocycles. The van der Waals surface area contributed by atoms with E-state index in [1.807, 2.05) is 18.2 Å². The standard InChI is InChI=1S/C14H12FN3S/c15-9-2-1-3-10-13(9)17-14(18(10)8-4-5-8)11-6-7-12(16)19-11/h1-3,6-8H,4-5,16H2. The Morgan fingerprint density at radius 3 is 2.79 bits per heavy atom. The number of hydrogen-bond donors (Lipinski definition) is 1. The molecule has 3 aromatic rings. The lowest BCUT2D eigenvalue weighted by molar-refractivity contribution is 0.637. The Labute approximate surface area is 113 Å². The maximum Gasteiger partial charge on any atom is 0.151 e. The van der Waals surface area contributed by atoms with Crippen molar-refractivity contribution >= 4 is 27.4 Å². The van der Waals surface area contributed by atoms with Gasteiger partial charge in [0.2, 0.25) is 0 Å². The Morgan fingerprint density at radius 2 is 2.11 bits per heavy atom. The lowest BCUT2D eigenvalue weighted by Crippen LogP contribution is -1.95. The molecule has 0 bridgehead atoms. The highest BCUT2D eigenvalue weighted by Crippen LogP contribution is 2.42. The fraction of sp³-hybridized carbons (Fsp3) is 0.214. The van der Waals surface area contributed by atoms with Crippen molar-refractivity contribution in [3.63, 3.8) is 0 Å². The third-order valence-corrected chi connectivity index (χ3v) is 4.34. The van der Waals surface area contributed by atoms with E-state index in [2.05, 4.69) is 9.55 Å². The molecule has 0 saturated heterocycles. The number of hydrogen-bond acceptors (Lipinski definition) is 3. The average molecular weight is 273 g/mol. The first-order chi connectivity index (χ1) is 9.24. The van der Waals surface area contributed by atoms with Gasteiger partial charge >= 0.3 is 0 Å². The van der Waals surface area contributed by atoms with Crippen LogP contribution in [0.2, 0.25) is 0 Å². The Balaban J connectivity index is 2.04. The molecule has 1 aliphatic carbocycles. The van der Waals surface area contributed by atoms with Crippen LogP contribution in [0.1, 0.15) is 18.9 Å². The van der Waals surface area contributed by atoms with E-state index in [-0.39, 0.29) is 5.82 Å². The molecular formula is C14H12FN3S. The SMILES string of the molecule is Nc1ccc(-c2nc3c(F)cccc3n2C2CC2)s1. The highest BCUT2D eigenvalue weighted by Gasteiger charge is 2.29. The molecule has 2 N–H and O–H groups in total. The molecule has 1 saturated carbocycles. The number of halogens is 1. The zero-order valence-electron chi connectivity index (χ0n) is 10.1. The Hall–Kier alpha value is -1.88. The minimum Gasteiger partial charge on any atom is -0.391 e. The third kappa shape index (κ3) is 1.65. The second-order valence-corrected chi connectivity index (χ2v) is 5.96. The largest absolute Gasteiger partial charge is 0.391 e. The lowest BCUT2D eigenvalue weighted by atomic mass is 10.3. The summed E-state index contributed by atoms with van der Waals surface area (Å²) in [7, 11) is 0. The molecule has 1 aliphatic rings. The summed E-state index contributed by atoms with van der Waals surface area (Å²) in [4.78, 5) is 5.50. The number of nitrogens with two attached hydrogens (primary N) is 1. The summed E-state index contributed by atoms with van der Waals surface area (Å²) in [5.41, 5.74) is 7.12. The molecule has 1 fully saturated rings. The van der Waals surface area contributed by atoms with E-state index in [4.69, 9.17) is 5.73 Å². The van der Waals surface area contributed by atoms with Crippen LogP contribution in [-0.2, 0) is 0 Å².